The summed E-state index contributed by atoms with van der Waals surface area (Å²) >= 11 is 0. The molecule has 0 radical (unpaired) electrons. The molecule has 1 aliphatic carbocycles. The number of rotatable bonds is 5. The van der Waals surface area contributed by atoms with Gasteiger partial charge in [0, 0.05) is 7.11 Å². The second-order valence-corrected chi connectivity index (χ2v) is 3.40. The molecule has 2 nitrogen and oxygen atoms in total. The summed E-state index contributed by atoms with van der Waals surface area (Å²) in [5.41, 5.74) is 6.89. The van der Waals surface area contributed by atoms with E-state index in [1.807, 2.05) is 0 Å². The molecule has 1 unspecified atom stereocenters. The molecule has 0 heterocycles. The minimum absolute atomic E-state index is 0.291. The van der Waals surface area contributed by atoms with Gasteiger partial charge in [0.05, 0.1) is 6.10 Å². The standard InChI is InChI=1S/C11H19NO/c1-13-11(7-8-12)9-10-5-3-2-4-6-10/h3,5-6,11H,2,4,7-9,12H2,1H3. The van der Waals surface area contributed by atoms with Gasteiger partial charge in [-0.3, -0.25) is 0 Å². The van der Waals surface area contributed by atoms with Crippen molar-refractivity contribution in [3.63, 3.8) is 0 Å². The molecule has 0 amide bonds. The summed E-state index contributed by atoms with van der Waals surface area (Å²) in [6.07, 6.45) is 11.3. The van der Waals surface area contributed by atoms with Gasteiger partial charge in [0.15, 0.2) is 0 Å². The first kappa shape index (κ1) is 10.5. The van der Waals surface area contributed by atoms with E-state index >= 15 is 0 Å². The van der Waals surface area contributed by atoms with Crippen molar-refractivity contribution in [3.05, 3.63) is 23.8 Å². The molecule has 2 heteroatoms. The Morgan fingerprint density at radius 1 is 1.54 bits per heavy atom. The van der Waals surface area contributed by atoms with E-state index < -0.39 is 0 Å². The molecule has 0 bridgehead atoms. The van der Waals surface area contributed by atoms with Crippen molar-refractivity contribution < 1.29 is 4.74 Å². The maximum atomic E-state index is 5.49. The lowest BCUT2D eigenvalue weighted by molar-refractivity contribution is 0.0981. The zero-order valence-electron chi connectivity index (χ0n) is 8.33. The minimum Gasteiger partial charge on any atom is -0.381 e. The second kappa shape index (κ2) is 5.95. The highest BCUT2D eigenvalue weighted by Crippen LogP contribution is 2.17. The third-order valence-corrected chi connectivity index (χ3v) is 2.36. The Balaban J connectivity index is 2.36. The van der Waals surface area contributed by atoms with Crippen molar-refractivity contribution in [2.75, 3.05) is 13.7 Å². The maximum absolute atomic E-state index is 5.49. The average Bonchev–Trinajstić information content (AvgIpc) is 2.19. The Bertz CT molecular complexity index is 196. The summed E-state index contributed by atoms with van der Waals surface area (Å²) in [6, 6.07) is 0. The van der Waals surface area contributed by atoms with Crippen LogP contribution < -0.4 is 5.73 Å². The van der Waals surface area contributed by atoms with E-state index in [-0.39, 0.29) is 0 Å². The van der Waals surface area contributed by atoms with Gasteiger partial charge in [-0.1, -0.05) is 18.2 Å². The van der Waals surface area contributed by atoms with Gasteiger partial charge in [0.1, 0.15) is 0 Å². The van der Waals surface area contributed by atoms with Gasteiger partial charge in [-0.15, -0.1) is 0 Å². The van der Waals surface area contributed by atoms with Crippen LogP contribution in [0.15, 0.2) is 23.8 Å². The first-order valence-electron chi connectivity index (χ1n) is 4.95. The lowest BCUT2D eigenvalue weighted by Gasteiger charge is -2.16. The number of methoxy groups -OCH3 is 1. The van der Waals surface area contributed by atoms with E-state index in [1.165, 1.54) is 18.4 Å². The Labute approximate surface area is 80.5 Å². The normalized spacial score (nSPS) is 18.5. The zero-order valence-corrected chi connectivity index (χ0v) is 8.33. The van der Waals surface area contributed by atoms with Crippen LogP contribution in [0.25, 0.3) is 0 Å². The van der Waals surface area contributed by atoms with Gasteiger partial charge in [-0.2, -0.15) is 0 Å². The van der Waals surface area contributed by atoms with Gasteiger partial charge in [-0.05, 0) is 37.8 Å². The van der Waals surface area contributed by atoms with Crippen molar-refractivity contribution in [1.82, 2.24) is 0 Å². The molecule has 0 fully saturated rings. The predicted octanol–water partition coefficient (Wildman–Crippen LogP) is 2.02. The number of ether oxygens (including phenoxy) is 1. The van der Waals surface area contributed by atoms with Crippen LogP contribution in [-0.4, -0.2) is 19.8 Å². The molecule has 74 valence electrons. The first-order valence-corrected chi connectivity index (χ1v) is 4.95. The van der Waals surface area contributed by atoms with Crippen molar-refractivity contribution in [2.45, 2.75) is 31.8 Å². The van der Waals surface area contributed by atoms with Crippen LogP contribution in [0.4, 0.5) is 0 Å². The highest BCUT2D eigenvalue weighted by atomic mass is 16.5. The van der Waals surface area contributed by atoms with Gasteiger partial charge in [-0.25, -0.2) is 0 Å². The van der Waals surface area contributed by atoms with Crippen LogP contribution in [-0.2, 0) is 4.74 Å². The SMILES string of the molecule is COC(CCN)CC1=CCCC=C1. The third-order valence-electron chi connectivity index (χ3n) is 2.36. The molecule has 0 saturated heterocycles. The summed E-state index contributed by atoms with van der Waals surface area (Å²) in [4.78, 5) is 0. The Kier molecular flexibility index (Phi) is 4.79. The van der Waals surface area contributed by atoms with E-state index in [1.54, 1.807) is 7.11 Å². The summed E-state index contributed by atoms with van der Waals surface area (Å²) in [5, 5.41) is 0. The van der Waals surface area contributed by atoms with Crippen molar-refractivity contribution in [3.8, 4) is 0 Å². The van der Waals surface area contributed by atoms with Crippen LogP contribution in [0.2, 0.25) is 0 Å². The average molecular weight is 181 g/mol. The smallest absolute Gasteiger partial charge is 0.0623 e. The van der Waals surface area contributed by atoms with E-state index in [2.05, 4.69) is 18.2 Å². The van der Waals surface area contributed by atoms with Crippen molar-refractivity contribution in [1.29, 1.82) is 0 Å². The fourth-order valence-corrected chi connectivity index (χ4v) is 1.57. The molecule has 0 saturated carbocycles. The molecular formula is C11H19NO. The maximum Gasteiger partial charge on any atom is 0.0623 e. The summed E-state index contributed by atoms with van der Waals surface area (Å²) < 4.78 is 5.34. The highest BCUT2D eigenvalue weighted by molar-refractivity contribution is 5.22. The largest absolute Gasteiger partial charge is 0.381 e. The van der Waals surface area contributed by atoms with E-state index in [0.29, 0.717) is 12.6 Å². The van der Waals surface area contributed by atoms with Crippen LogP contribution in [0, 0.1) is 0 Å². The molecule has 1 rings (SSSR count). The highest BCUT2D eigenvalue weighted by Gasteiger charge is 2.08. The molecule has 0 aromatic heterocycles. The monoisotopic (exact) mass is 181 g/mol. The molecular weight excluding hydrogens is 162 g/mol. The predicted molar refractivity (Wildman–Crippen MR) is 55.5 cm³/mol. The molecule has 13 heavy (non-hydrogen) atoms. The molecule has 0 spiro atoms. The quantitative estimate of drug-likeness (QED) is 0.704. The van der Waals surface area contributed by atoms with Crippen LogP contribution in [0.3, 0.4) is 0 Å². The fourth-order valence-electron chi connectivity index (χ4n) is 1.57. The topological polar surface area (TPSA) is 35.2 Å². The number of nitrogens with two attached hydrogens (primary N) is 1. The molecule has 0 aliphatic heterocycles. The molecule has 0 aromatic rings. The minimum atomic E-state index is 0.291. The molecule has 1 aliphatic rings. The Hall–Kier alpha value is -0.600. The summed E-state index contributed by atoms with van der Waals surface area (Å²) in [6.45, 7) is 0.704. The van der Waals surface area contributed by atoms with E-state index in [4.69, 9.17) is 10.5 Å². The summed E-state index contributed by atoms with van der Waals surface area (Å²) in [7, 11) is 1.76. The summed E-state index contributed by atoms with van der Waals surface area (Å²) in [5.74, 6) is 0. The van der Waals surface area contributed by atoms with E-state index in [9.17, 15) is 0 Å². The first-order chi connectivity index (χ1) is 6.36. The van der Waals surface area contributed by atoms with Gasteiger partial charge >= 0.3 is 0 Å². The molecule has 1 atom stereocenters. The molecule has 2 N–H and O–H groups in total. The van der Waals surface area contributed by atoms with Crippen LogP contribution >= 0.6 is 0 Å². The van der Waals surface area contributed by atoms with Gasteiger partial charge < -0.3 is 10.5 Å². The van der Waals surface area contributed by atoms with Crippen LogP contribution in [0.1, 0.15) is 25.7 Å². The number of allylic oxidation sites excluding steroid dienone is 3. The second-order valence-electron chi connectivity index (χ2n) is 3.40. The van der Waals surface area contributed by atoms with E-state index in [0.717, 1.165) is 12.8 Å². The third kappa shape index (κ3) is 3.75. The number of hydrogen-bond acceptors (Lipinski definition) is 2. The Morgan fingerprint density at radius 3 is 2.92 bits per heavy atom. The van der Waals surface area contributed by atoms with Crippen molar-refractivity contribution >= 4 is 0 Å². The van der Waals surface area contributed by atoms with Gasteiger partial charge in [0.25, 0.3) is 0 Å². The molecule has 0 aromatic carbocycles. The Morgan fingerprint density at radius 2 is 2.38 bits per heavy atom. The lowest BCUT2D eigenvalue weighted by Crippen LogP contribution is -2.16. The number of hydrogen-bond donors (Lipinski definition) is 1. The van der Waals surface area contributed by atoms with Crippen molar-refractivity contribution in [2.24, 2.45) is 5.73 Å². The lowest BCUT2D eigenvalue weighted by atomic mass is 10.00. The fraction of sp³-hybridized carbons (Fsp3) is 0.636. The van der Waals surface area contributed by atoms with Gasteiger partial charge in [0.2, 0.25) is 0 Å². The van der Waals surface area contributed by atoms with Crippen LogP contribution in [0.5, 0.6) is 0 Å². The zero-order chi connectivity index (χ0) is 9.52.